The number of para-hydroxylation sites is 1. The lowest BCUT2D eigenvalue weighted by Crippen LogP contribution is -2.22. The molecule has 5 nitrogen and oxygen atoms in total. The minimum absolute atomic E-state index is 0.321. The normalized spacial score (nSPS) is 13.0. The van der Waals surface area contributed by atoms with Crippen molar-refractivity contribution in [2.24, 2.45) is 0 Å². The van der Waals surface area contributed by atoms with Gasteiger partial charge in [-0.3, -0.25) is 9.78 Å². The Hall–Kier alpha value is -3.21. The standard InChI is InChI=1S/C23H22N2O3/c1-15-10-12-16(13-11-15)24-21(26)14-28-23(27)22-17-6-2-4-8-19(17)25-20-9-5-3-7-18(20)22/h2,4,6,8,10-13H,3,5,7,9,14H2,1H3,(H,24,26). The highest BCUT2D eigenvalue weighted by atomic mass is 16.5. The van der Waals surface area contributed by atoms with Gasteiger partial charge in [0.1, 0.15) is 0 Å². The molecular weight excluding hydrogens is 352 g/mol. The molecule has 0 spiro atoms. The van der Waals surface area contributed by atoms with E-state index in [-0.39, 0.29) is 12.5 Å². The van der Waals surface area contributed by atoms with Crippen LogP contribution in [0.25, 0.3) is 10.9 Å². The zero-order chi connectivity index (χ0) is 19.5. The fourth-order valence-corrected chi connectivity index (χ4v) is 3.64. The Morgan fingerprint density at radius 1 is 1.04 bits per heavy atom. The summed E-state index contributed by atoms with van der Waals surface area (Å²) in [6.45, 7) is 1.66. The van der Waals surface area contributed by atoms with Gasteiger partial charge in [-0.1, -0.05) is 35.9 Å². The number of carbonyl (C=O) groups is 2. The Morgan fingerprint density at radius 3 is 2.61 bits per heavy atom. The molecule has 0 atom stereocenters. The number of hydrogen-bond acceptors (Lipinski definition) is 4. The fraction of sp³-hybridized carbons (Fsp3) is 0.261. The van der Waals surface area contributed by atoms with Crippen molar-refractivity contribution in [2.75, 3.05) is 11.9 Å². The molecule has 28 heavy (non-hydrogen) atoms. The number of ether oxygens (including phenoxy) is 1. The Kier molecular flexibility index (Phi) is 5.06. The summed E-state index contributed by atoms with van der Waals surface area (Å²) in [6, 6.07) is 15.1. The first-order valence-corrected chi connectivity index (χ1v) is 9.56. The number of fused-ring (bicyclic) bond motifs is 2. The van der Waals surface area contributed by atoms with Crippen molar-refractivity contribution in [1.82, 2.24) is 4.98 Å². The third kappa shape index (κ3) is 3.74. The van der Waals surface area contributed by atoms with Crippen LogP contribution in [0.3, 0.4) is 0 Å². The molecule has 0 unspecified atom stereocenters. The summed E-state index contributed by atoms with van der Waals surface area (Å²) in [6.07, 6.45) is 3.79. The van der Waals surface area contributed by atoms with Gasteiger partial charge in [0, 0.05) is 16.8 Å². The van der Waals surface area contributed by atoms with Crippen LogP contribution in [-0.2, 0) is 22.4 Å². The zero-order valence-corrected chi connectivity index (χ0v) is 15.8. The zero-order valence-electron chi connectivity index (χ0n) is 15.8. The van der Waals surface area contributed by atoms with E-state index in [1.807, 2.05) is 55.5 Å². The van der Waals surface area contributed by atoms with Crippen molar-refractivity contribution >= 4 is 28.5 Å². The number of aryl methyl sites for hydroxylation is 2. The second-order valence-corrected chi connectivity index (χ2v) is 7.13. The maximum Gasteiger partial charge on any atom is 0.339 e. The van der Waals surface area contributed by atoms with E-state index in [0.29, 0.717) is 11.3 Å². The number of anilines is 1. The molecule has 142 valence electrons. The topological polar surface area (TPSA) is 68.3 Å². The van der Waals surface area contributed by atoms with Gasteiger partial charge in [0.2, 0.25) is 0 Å². The molecule has 1 amide bonds. The highest BCUT2D eigenvalue weighted by Gasteiger charge is 2.24. The largest absolute Gasteiger partial charge is 0.452 e. The summed E-state index contributed by atoms with van der Waals surface area (Å²) in [5.41, 5.74) is 5.08. The van der Waals surface area contributed by atoms with Crippen LogP contribution in [0.4, 0.5) is 5.69 Å². The maximum absolute atomic E-state index is 12.9. The van der Waals surface area contributed by atoms with Crippen molar-refractivity contribution in [3.63, 3.8) is 0 Å². The summed E-state index contributed by atoms with van der Waals surface area (Å²) in [5, 5.41) is 3.53. The molecule has 5 heteroatoms. The molecule has 1 N–H and O–H groups in total. The Morgan fingerprint density at radius 2 is 1.79 bits per heavy atom. The van der Waals surface area contributed by atoms with Gasteiger partial charge in [-0.2, -0.15) is 0 Å². The van der Waals surface area contributed by atoms with E-state index < -0.39 is 5.97 Å². The number of esters is 1. The number of pyridine rings is 1. The lowest BCUT2D eigenvalue weighted by atomic mass is 9.90. The van der Waals surface area contributed by atoms with Crippen molar-refractivity contribution in [3.05, 3.63) is 70.9 Å². The van der Waals surface area contributed by atoms with Crippen LogP contribution in [-0.4, -0.2) is 23.5 Å². The van der Waals surface area contributed by atoms with Crippen LogP contribution >= 0.6 is 0 Å². The van der Waals surface area contributed by atoms with E-state index in [9.17, 15) is 9.59 Å². The van der Waals surface area contributed by atoms with Crippen molar-refractivity contribution in [2.45, 2.75) is 32.6 Å². The number of nitrogens with one attached hydrogen (secondary N) is 1. The number of carbonyl (C=O) groups excluding carboxylic acids is 2. The Balaban J connectivity index is 1.54. The highest BCUT2D eigenvalue weighted by molar-refractivity contribution is 6.06. The molecule has 1 aliphatic carbocycles. The van der Waals surface area contributed by atoms with Gasteiger partial charge in [0.25, 0.3) is 5.91 Å². The van der Waals surface area contributed by atoms with Crippen molar-refractivity contribution in [3.8, 4) is 0 Å². The number of amides is 1. The molecule has 1 aromatic heterocycles. The van der Waals surface area contributed by atoms with Gasteiger partial charge < -0.3 is 10.1 Å². The Bertz CT molecular complexity index is 1040. The summed E-state index contributed by atoms with van der Waals surface area (Å²) >= 11 is 0. The van der Waals surface area contributed by atoms with E-state index in [4.69, 9.17) is 9.72 Å². The second-order valence-electron chi connectivity index (χ2n) is 7.13. The fourth-order valence-electron chi connectivity index (χ4n) is 3.64. The van der Waals surface area contributed by atoms with Crippen LogP contribution < -0.4 is 5.32 Å². The molecule has 4 rings (SSSR count). The molecule has 0 fully saturated rings. The molecule has 0 bridgehead atoms. The molecular formula is C23H22N2O3. The van der Waals surface area contributed by atoms with E-state index in [1.54, 1.807) is 0 Å². The summed E-state index contributed by atoms with van der Waals surface area (Å²) in [4.78, 5) is 29.8. The molecule has 3 aromatic rings. The molecule has 0 saturated carbocycles. The number of rotatable bonds is 4. The predicted octanol–water partition coefficient (Wildman–Crippen LogP) is 4.22. The van der Waals surface area contributed by atoms with Gasteiger partial charge in [-0.15, -0.1) is 0 Å². The van der Waals surface area contributed by atoms with E-state index >= 15 is 0 Å². The molecule has 0 radical (unpaired) electrons. The SMILES string of the molecule is Cc1ccc(NC(=O)COC(=O)c2c3c(nc4ccccc24)CCCC3)cc1. The van der Waals surface area contributed by atoms with Crippen molar-refractivity contribution < 1.29 is 14.3 Å². The maximum atomic E-state index is 12.9. The first-order valence-electron chi connectivity index (χ1n) is 9.56. The average Bonchev–Trinajstić information content (AvgIpc) is 2.72. The van der Waals surface area contributed by atoms with Gasteiger partial charge in [0.15, 0.2) is 6.61 Å². The minimum Gasteiger partial charge on any atom is -0.452 e. The second kappa shape index (κ2) is 7.80. The minimum atomic E-state index is -0.462. The monoisotopic (exact) mass is 374 g/mol. The third-order valence-electron chi connectivity index (χ3n) is 5.04. The quantitative estimate of drug-likeness (QED) is 0.695. The first kappa shape index (κ1) is 18.2. The summed E-state index contributed by atoms with van der Waals surface area (Å²) in [5.74, 6) is -0.819. The van der Waals surface area contributed by atoms with Gasteiger partial charge >= 0.3 is 5.97 Å². The molecule has 0 aliphatic heterocycles. The van der Waals surface area contributed by atoms with Crippen LogP contribution in [0.15, 0.2) is 48.5 Å². The van der Waals surface area contributed by atoms with E-state index in [0.717, 1.165) is 53.4 Å². The van der Waals surface area contributed by atoms with E-state index in [1.165, 1.54) is 0 Å². The van der Waals surface area contributed by atoms with E-state index in [2.05, 4.69) is 5.32 Å². The van der Waals surface area contributed by atoms with Crippen molar-refractivity contribution in [1.29, 1.82) is 0 Å². The average molecular weight is 374 g/mol. The van der Waals surface area contributed by atoms with Gasteiger partial charge in [0.05, 0.1) is 11.1 Å². The smallest absolute Gasteiger partial charge is 0.339 e. The lowest BCUT2D eigenvalue weighted by Gasteiger charge is -2.19. The van der Waals surface area contributed by atoms with Gasteiger partial charge in [-0.05, 0) is 56.4 Å². The number of benzene rings is 2. The summed E-state index contributed by atoms with van der Waals surface area (Å²) < 4.78 is 5.38. The lowest BCUT2D eigenvalue weighted by molar-refractivity contribution is -0.119. The molecule has 2 aromatic carbocycles. The molecule has 0 saturated heterocycles. The molecule has 1 heterocycles. The van der Waals surface area contributed by atoms with Crippen LogP contribution in [0.1, 0.15) is 40.0 Å². The predicted molar refractivity (Wildman–Crippen MR) is 108 cm³/mol. The van der Waals surface area contributed by atoms with Crippen LogP contribution in [0, 0.1) is 6.92 Å². The third-order valence-corrected chi connectivity index (χ3v) is 5.04. The highest BCUT2D eigenvalue weighted by Crippen LogP contribution is 2.29. The molecule has 1 aliphatic rings. The first-order chi connectivity index (χ1) is 13.6. The van der Waals surface area contributed by atoms with Crippen LogP contribution in [0.2, 0.25) is 0 Å². The van der Waals surface area contributed by atoms with Gasteiger partial charge in [-0.25, -0.2) is 4.79 Å². The number of hydrogen-bond donors (Lipinski definition) is 1. The van der Waals surface area contributed by atoms with Crippen LogP contribution in [0.5, 0.6) is 0 Å². The Labute approximate surface area is 163 Å². The number of nitrogens with zero attached hydrogens (tertiary/aromatic N) is 1. The number of aromatic nitrogens is 1. The summed E-state index contributed by atoms with van der Waals surface area (Å²) in [7, 11) is 0.